The van der Waals surface area contributed by atoms with Gasteiger partial charge >= 0.3 is 5.63 Å². The van der Waals surface area contributed by atoms with E-state index in [4.69, 9.17) is 9.56 Å². The molecule has 2 heterocycles. The summed E-state index contributed by atoms with van der Waals surface area (Å²) < 4.78 is 30.2. The zero-order valence-corrected chi connectivity index (χ0v) is 20.2. The number of benzene rings is 3. The van der Waals surface area contributed by atoms with Crippen LogP contribution in [-0.4, -0.2) is 29.3 Å². The molecule has 0 bridgehead atoms. The highest BCUT2D eigenvalue weighted by atomic mass is 32.2. The van der Waals surface area contributed by atoms with E-state index in [0.717, 1.165) is 17.8 Å². The van der Waals surface area contributed by atoms with Crippen molar-refractivity contribution in [2.24, 2.45) is 10.2 Å². The molecule has 13 heteroatoms. The van der Waals surface area contributed by atoms with E-state index in [9.17, 15) is 23.3 Å². The molecule has 2 aromatic heterocycles. The standard InChI is InChI=1S/C25H18N6O6S/c26-38(35,36)19-10-11-21(22(13-19)31(33)34)28-27-14-17-15-30(18-7-2-1-3-8-18)29-24(17)20-12-16-6-4-5-9-23(16)37-25(20)32/h1-15,28H,(H2,26,35,36)/b27-14-. The summed E-state index contributed by atoms with van der Waals surface area (Å²) in [5.41, 5.74) is 3.38. The Morgan fingerprint density at radius 1 is 1.05 bits per heavy atom. The summed E-state index contributed by atoms with van der Waals surface area (Å²) in [5.74, 6) is 0. The Kier molecular flexibility index (Phi) is 6.28. The molecular weight excluding hydrogens is 512 g/mol. The molecule has 0 aliphatic heterocycles. The first kappa shape index (κ1) is 24.5. The van der Waals surface area contributed by atoms with Gasteiger partial charge in [0.2, 0.25) is 10.0 Å². The molecule has 0 unspecified atom stereocenters. The molecule has 0 saturated heterocycles. The molecule has 0 aliphatic carbocycles. The van der Waals surface area contributed by atoms with Crippen LogP contribution in [0.4, 0.5) is 11.4 Å². The molecule has 0 aliphatic rings. The van der Waals surface area contributed by atoms with Crippen LogP contribution >= 0.6 is 0 Å². The molecule has 5 rings (SSSR count). The van der Waals surface area contributed by atoms with Crippen LogP contribution in [0.5, 0.6) is 0 Å². The number of hydrogen-bond donors (Lipinski definition) is 2. The number of nitrogens with one attached hydrogen (secondary N) is 1. The number of fused-ring (bicyclic) bond motifs is 1. The SMILES string of the molecule is NS(=O)(=O)c1ccc(N/N=C\c2cn(-c3ccccc3)nc2-c2cc3ccccc3oc2=O)c([N+](=O)[O-])c1. The van der Waals surface area contributed by atoms with Crippen LogP contribution in [0.1, 0.15) is 5.56 Å². The highest BCUT2D eigenvalue weighted by molar-refractivity contribution is 7.89. The lowest BCUT2D eigenvalue weighted by Crippen LogP contribution is -2.12. The van der Waals surface area contributed by atoms with Crippen LogP contribution in [-0.2, 0) is 10.0 Å². The third-order valence-electron chi connectivity index (χ3n) is 5.54. The van der Waals surface area contributed by atoms with E-state index in [1.165, 1.54) is 12.3 Å². The Morgan fingerprint density at radius 3 is 2.53 bits per heavy atom. The zero-order chi connectivity index (χ0) is 26.9. The fourth-order valence-corrected chi connectivity index (χ4v) is 4.27. The molecule has 3 N–H and O–H groups in total. The lowest BCUT2D eigenvalue weighted by molar-refractivity contribution is -0.384. The predicted octanol–water partition coefficient (Wildman–Crippen LogP) is 3.65. The van der Waals surface area contributed by atoms with Crippen molar-refractivity contribution in [2.45, 2.75) is 4.90 Å². The molecule has 38 heavy (non-hydrogen) atoms. The number of nitrogens with zero attached hydrogens (tertiary/aromatic N) is 4. The molecular formula is C25H18N6O6S. The van der Waals surface area contributed by atoms with Gasteiger partial charge in [0.05, 0.1) is 27.3 Å². The van der Waals surface area contributed by atoms with Gasteiger partial charge < -0.3 is 4.42 Å². The highest BCUT2D eigenvalue weighted by Crippen LogP contribution is 2.28. The van der Waals surface area contributed by atoms with Crippen molar-refractivity contribution in [3.8, 4) is 16.9 Å². The Bertz CT molecular complexity index is 1880. The first-order valence-corrected chi connectivity index (χ1v) is 12.5. The zero-order valence-electron chi connectivity index (χ0n) is 19.4. The normalized spacial score (nSPS) is 11.7. The minimum atomic E-state index is -4.14. The number of primary sulfonamides is 1. The number of hydrazone groups is 1. The number of nitro groups is 1. The van der Waals surface area contributed by atoms with E-state index in [2.05, 4.69) is 15.6 Å². The number of aromatic nitrogens is 2. The van der Waals surface area contributed by atoms with Crippen molar-refractivity contribution in [3.05, 3.63) is 111 Å². The number of hydrogen-bond acceptors (Lipinski definition) is 9. The van der Waals surface area contributed by atoms with Crippen molar-refractivity contribution in [3.63, 3.8) is 0 Å². The maximum Gasteiger partial charge on any atom is 0.345 e. The minimum absolute atomic E-state index is 0.0686. The van der Waals surface area contributed by atoms with E-state index >= 15 is 0 Å². The first-order valence-electron chi connectivity index (χ1n) is 11.0. The fourth-order valence-electron chi connectivity index (χ4n) is 3.74. The minimum Gasteiger partial charge on any atom is -0.422 e. The van der Waals surface area contributed by atoms with Crippen molar-refractivity contribution in [1.29, 1.82) is 0 Å². The van der Waals surface area contributed by atoms with Crippen LogP contribution < -0.4 is 16.2 Å². The lowest BCUT2D eigenvalue weighted by atomic mass is 10.1. The summed E-state index contributed by atoms with van der Waals surface area (Å²) in [6.07, 6.45) is 2.98. The summed E-state index contributed by atoms with van der Waals surface area (Å²) >= 11 is 0. The molecule has 0 saturated carbocycles. The maximum absolute atomic E-state index is 12.8. The Hall–Kier alpha value is -5.14. The molecule has 12 nitrogen and oxygen atoms in total. The van der Waals surface area contributed by atoms with Crippen LogP contribution in [0.25, 0.3) is 27.9 Å². The van der Waals surface area contributed by atoms with Gasteiger partial charge in [-0.15, -0.1) is 0 Å². The summed E-state index contributed by atoms with van der Waals surface area (Å²) in [6, 6.07) is 21.0. The third-order valence-corrected chi connectivity index (χ3v) is 6.45. The van der Waals surface area contributed by atoms with Gasteiger partial charge in [0, 0.05) is 23.2 Å². The van der Waals surface area contributed by atoms with Gasteiger partial charge in [-0.2, -0.15) is 10.2 Å². The molecule has 0 fully saturated rings. The van der Waals surface area contributed by atoms with Gasteiger partial charge in [0.1, 0.15) is 17.0 Å². The van der Waals surface area contributed by atoms with Gasteiger partial charge in [0.25, 0.3) is 5.69 Å². The molecule has 0 spiro atoms. The second kappa shape index (κ2) is 9.72. The Labute approximate surface area is 214 Å². The number of anilines is 1. The van der Waals surface area contributed by atoms with Crippen LogP contribution in [0.15, 0.2) is 104 Å². The maximum atomic E-state index is 12.8. The quantitative estimate of drug-likeness (QED) is 0.139. The van der Waals surface area contributed by atoms with Gasteiger partial charge in [0.15, 0.2) is 0 Å². The summed E-state index contributed by atoms with van der Waals surface area (Å²) in [7, 11) is -4.14. The Balaban J connectivity index is 1.57. The van der Waals surface area contributed by atoms with E-state index in [0.29, 0.717) is 16.5 Å². The van der Waals surface area contributed by atoms with E-state index < -0.39 is 31.2 Å². The average molecular weight is 531 g/mol. The third kappa shape index (κ3) is 4.91. The van der Waals surface area contributed by atoms with Crippen LogP contribution in [0, 0.1) is 10.1 Å². The van der Waals surface area contributed by atoms with Crippen molar-refractivity contribution in [1.82, 2.24) is 9.78 Å². The summed E-state index contributed by atoms with van der Waals surface area (Å²) in [6.45, 7) is 0. The van der Waals surface area contributed by atoms with E-state index in [1.807, 2.05) is 36.4 Å². The van der Waals surface area contributed by atoms with Gasteiger partial charge in [-0.05, 0) is 36.4 Å². The Morgan fingerprint density at radius 2 is 1.79 bits per heavy atom. The van der Waals surface area contributed by atoms with Crippen LogP contribution in [0.2, 0.25) is 0 Å². The number of nitro benzene ring substituents is 1. The topological polar surface area (TPSA) is 176 Å². The smallest absolute Gasteiger partial charge is 0.345 e. The van der Waals surface area contributed by atoms with E-state index in [1.54, 1.807) is 35.1 Å². The second-order valence-electron chi connectivity index (χ2n) is 8.05. The fraction of sp³-hybridized carbons (Fsp3) is 0. The largest absolute Gasteiger partial charge is 0.422 e. The molecule has 0 radical (unpaired) electrons. The van der Waals surface area contributed by atoms with Crippen molar-refractivity contribution in [2.75, 3.05) is 5.43 Å². The van der Waals surface area contributed by atoms with Crippen LogP contribution in [0.3, 0.4) is 0 Å². The number of para-hydroxylation sites is 2. The van der Waals surface area contributed by atoms with Gasteiger partial charge in [-0.3, -0.25) is 15.5 Å². The van der Waals surface area contributed by atoms with E-state index in [-0.39, 0.29) is 16.9 Å². The average Bonchev–Trinajstić information content (AvgIpc) is 3.32. The molecule has 0 atom stereocenters. The summed E-state index contributed by atoms with van der Waals surface area (Å²) in [5, 5.41) is 25.9. The number of sulfonamides is 1. The predicted molar refractivity (Wildman–Crippen MR) is 141 cm³/mol. The van der Waals surface area contributed by atoms with Crippen molar-refractivity contribution >= 4 is 38.6 Å². The number of rotatable bonds is 7. The highest BCUT2D eigenvalue weighted by Gasteiger charge is 2.20. The molecule has 3 aromatic carbocycles. The summed E-state index contributed by atoms with van der Waals surface area (Å²) in [4.78, 5) is 23.2. The van der Waals surface area contributed by atoms with Crippen molar-refractivity contribution < 1.29 is 17.8 Å². The molecule has 190 valence electrons. The van der Waals surface area contributed by atoms with Gasteiger partial charge in [-0.25, -0.2) is 23.0 Å². The molecule has 0 amide bonds. The molecule has 5 aromatic rings. The monoisotopic (exact) mass is 530 g/mol. The second-order valence-corrected chi connectivity index (χ2v) is 9.61. The van der Waals surface area contributed by atoms with Gasteiger partial charge in [-0.1, -0.05) is 36.4 Å². The lowest BCUT2D eigenvalue weighted by Gasteiger charge is -2.04. The number of nitrogens with two attached hydrogens (primary N) is 1. The first-order chi connectivity index (χ1) is 18.2.